The van der Waals surface area contributed by atoms with Gasteiger partial charge in [-0.05, 0) is 62.8 Å². The van der Waals surface area contributed by atoms with Crippen molar-refractivity contribution in [3.63, 3.8) is 0 Å². The average Bonchev–Trinajstić information content (AvgIpc) is 2.68. The predicted octanol–water partition coefficient (Wildman–Crippen LogP) is 3.65. The minimum absolute atomic E-state index is 1.17. The van der Waals surface area contributed by atoms with Crippen molar-refractivity contribution in [1.82, 2.24) is 4.98 Å². The van der Waals surface area contributed by atoms with Crippen molar-refractivity contribution in [2.24, 2.45) is 0 Å². The molecule has 16 heavy (non-hydrogen) atoms. The summed E-state index contributed by atoms with van der Waals surface area (Å²) in [6.45, 7) is 6.59. The molecule has 0 atom stereocenters. The number of fused-ring (bicyclic) bond motifs is 2. The summed E-state index contributed by atoms with van der Waals surface area (Å²) in [4.78, 5) is 4.86. The fraction of sp³-hybridized carbons (Fsp3) is 0.400. The Bertz CT molecular complexity index is 582. The van der Waals surface area contributed by atoms with Crippen molar-refractivity contribution < 1.29 is 0 Å². The van der Waals surface area contributed by atoms with Crippen molar-refractivity contribution in [2.75, 3.05) is 0 Å². The monoisotopic (exact) mass is 211 g/mol. The lowest BCUT2D eigenvalue weighted by molar-refractivity contribution is 0.900. The normalized spacial score (nSPS) is 14.4. The van der Waals surface area contributed by atoms with Gasteiger partial charge >= 0.3 is 0 Å². The van der Waals surface area contributed by atoms with E-state index < -0.39 is 0 Å². The molecule has 82 valence electrons. The Morgan fingerprint density at radius 1 is 1.06 bits per heavy atom. The summed E-state index contributed by atoms with van der Waals surface area (Å²) in [5.74, 6) is 0. The number of hydrogen-bond donors (Lipinski definition) is 0. The van der Waals surface area contributed by atoms with Crippen molar-refractivity contribution in [2.45, 2.75) is 40.0 Å². The van der Waals surface area contributed by atoms with Gasteiger partial charge in [-0.2, -0.15) is 0 Å². The summed E-state index contributed by atoms with van der Waals surface area (Å²) in [6.07, 6.45) is 3.66. The SMILES string of the molecule is Cc1cc(C)c2nc3c(c(C)c2c1)CCC3. The number of rotatable bonds is 0. The molecular weight excluding hydrogens is 194 g/mol. The summed E-state index contributed by atoms with van der Waals surface area (Å²) < 4.78 is 0. The van der Waals surface area contributed by atoms with Gasteiger partial charge in [-0.15, -0.1) is 0 Å². The van der Waals surface area contributed by atoms with Gasteiger partial charge in [-0.1, -0.05) is 11.6 Å². The standard InChI is InChI=1S/C15H17N/c1-9-7-10(2)15-13(8-9)11(3)12-5-4-6-14(12)16-15/h7-8H,4-6H2,1-3H3. The van der Waals surface area contributed by atoms with Gasteiger partial charge in [-0.25, -0.2) is 0 Å². The summed E-state index contributed by atoms with van der Waals surface area (Å²) in [5, 5.41) is 1.36. The van der Waals surface area contributed by atoms with Crippen LogP contribution in [0.15, 0.2) is 12.1 Å². The Balaban J connectivity index is 2.46. The molecule has 1 aliphatic carbocycles. The molecule has 1 nitrogen and oxygen atoms in total. The second kappa shape index (κ2) is 3.31. The molecule has 0 spiro atoms. The highest BCUT2D eigenvalue weighted by molar-refractivity contribution is 5.87. The van der Waals surface area contributed by atoms with Crippen LogP contribution >= 0.6 is 0 Å². The first-order valence-corrected chi connectivity index (χ1v) is 6.06. The van der Waals surface area contributed by atoms with E-state index in [1.54, 1.807) is 0 Å². The molecule has 1 aromatic carbocycles. The van der Waals surface area contributed by atoms with Gasteiger partial charge in [-0.3, -0.25) is 4.98 Å². The van der Waals surface area contributed by atoms with E-state index in [9.17, 15) is 0 Å². The first-order valence-electron chi connectivity index (χ1n) is 6.06. The van der Waals surface area contributed by atoms with E-state index in [-0.39, 0.29) is 0 Å². The largest absolute Gasteiger partial charge is 0.252 e. The smallest absolute Gasteiger partial charge is 0.0737 e. The maximum atomic E-state index is 4.86. The minimum atomic E-state index is 1.17. The van der Waals surface area contributed by atoms with E-state index in [4.69, 9.17) is 4.98 Å². The molecule has 1 aliphatic rings. The fourth-order valence-corrected chi connectivity index (χ4v) is 2.95. The summed E-state index contributed by atoms with van der Waals surface area (Å²) >= 11 is 0. The van der Waals surface area contributed by atoms with Crippen LogP contribution in [0, 0.1) is 20.8 Å². The van der Waals surface area contributed by atoms with Crippen LogP contribution in [0.2, 0.25) is 0 Å². The molecule has 0 fully saturated rings. The first kappa shape index (κ1) is 9.83. The van der Waals surface area contributed by atoms with Crippen LogP contribution in [0.4, 0.5) is 0 Å². The Hall–Kier alpha value is -1.37. The van der Waals surface area contributed by atoms with E-state index in [1.165, 1.54) is 58.1 Å². The van der Waals surface area contributed by atoms with Gasteiger partial charge in [0.25, 0.3) is 0 Å². The molecule has 3 rings (SSSR count). The van der Waals surface area contributed by atoms with Gasteiger partial charge in [0.15, 0.2) is 0 Å². The van der Waals surface area contributed by atoms with E-state index >= 15 is 0 Å². The van der Waals surface area contributed by atoms with Crippen LogP contribution < -0.4 is 0 Å². The lowest BCUT2D eigenvalue weighted by atomic mass is 9.99. The Morgan fingerprint density at radius 3 is 2.69 bits per heavy atom. The van der Waals surface area contributed by atoms with Crippen LogP contribution in [0.5, 0.6) is 0 Å². The highest BCUT2D eigenvalue weighted by atomic mass is 14.7. The molecule has 0 saturated heterocycles. The number of aromatic nitrogens is 1. The minimum Gasteiger partial charge on any atom is -0.252 e. The molecular formula is C15H17N. The average molecular weight is 211 g/mol. The van der Waals surface area contributed by atoms with E-state index in [0.717, 1.165) is 0 Å². The van der Waals surface area contributed by atoms with Gasteiger partial charge < -0.3 is 0 Å². The number of hydrogen-bond acceptors (Lipinski definition) is 1. The zero-order chi connectivity index (χ0) is 11.3. The van der Waals surface area contributed by atoms with E-state index in [2.05, 4.69) is 32.9 Å². The lowest BCUT2D eigenvalue weighted by Crippen LogP contribution is -1.96. The van der Waals surface area contributed by atoms with Crippen molar-refractivity contribution in [3.05, 3.63) is 40.1 Å². The Morgan fingerprint density at radius 2 is 1.88 bits per heavy atom. The predicted molar refractivity (Wildman–Crippen MR) is 68.0 cm³/mol. The highest BCUT2D eigenvalue weighted by Crippen LogP contribution is 2.31. The molecule has 1 heterocycles. The number of pyridine rings is 1. The fourth-order valence-electron chi connectivity index (χ4n) is 2.95. The zero-order valence-corrected chi connectivity index (χ0v) is 10.2. The molecule has 0 N–H and O–H groups in total. The van der Waals surface area contributed by atoms with Crippen LogP contribution in [-0.4, -0.2) is 4.98 Å². The van der Waals surface area contributed by atoms with Crippen molar-refractivity contribution in [3.8, 4) is 0 Å². The molecule has 1 heteroatoms. The summed E-state index contributed by atoms with van der Waals surface area (Å²) in [6, 6.07) is 4.51. The summed E-state index contributed by atoms with van der Waals surface area (Å²) in [7, 11) is 0. The maximum absolute atomic E-state index is 4.86. The third-order valence-electron chi connectivity index (χ3n) is 3.74. The molecule has 0 unspecified atom stereocenters. The number of aryl methyl sites for hydroxylation is 4. The van der Waals surface area contributed by atoms with Crippen LogP contribution in [0.1, 0.15) is 34.4 Å². The van der Waals surface area contributed by atoms with Crippen LogP contribution in [0.25, 0.3) is 10.9 Å². The Kier molecular flexibility index (Phi) is 2.03. The van der Waals surface area contributed by atoms with Gasteiger partial charge in [0.2, 0.25) is 0 Å². The highest BCUT2D eigenvalue weighted by Gasteiger charge is 2.17. The van der Waals surface area contributed by atoms with Crippen LogP contribution in [-0.2, 0) is 12.8 Å². The second-order valence-corrected chi connectivity index (χ2v) is 4.99. The maximum Gasteiger partial charge on any atom is 0.0737 e. The first-order chi connectivity index (χ1) is 7.66. The molecule has 1 aromatic heterocycles. The van der Waals surface area contributed by atoms with Crippen molar-refractivity contribution in [1.29, 1.82) is 0 Å². The van der Waals surface area contributed by atoms with Gasteiger partial charge in [0.1, 0.15) is 0 Å². The molecule has 0 saturated carbocycles. The van der Waals surface area contributed by atoms with E-state index in [1.807, 2.05) is 0 Å². The van der Waals surface area contributed by atoms with Crippen LogP contribution in [0.3, 0.4) is 0 Å². The summed E-state index contributed by atoms with van der Waals surface area (Å²) in [5.41, 5.74) is 8.18. The Labute approximate surface area is 96.5 Å². The van der Waals surface area contributed by atoms with Gasteiger partial charge in [0, 0.05) is 11.1 Å². The molecule has 0 amide bonds. The molecule has 0 bridgehead atoms. The third-order valence-corrected chi connectivity index (χ3v) is 3.74. The number of nitrogens with zero attached hydrogens (tertiary/aromatic N) is 1. The molecule has 0 aliphatic heterocycles. The van der Waals surface area contributed by atoms with E-state index in [0.29, 0.717) is 0 Å². The second-order valence-electron chi connectivity index (χ2n) is 4.99. The van der Waals surface area contributed by atoms with Crippen molar-refractivity contribution >= 4 is 10.9 Å². The molecule has 2 aromatic rings. The quantitative estimate of drug-likeness (QED) is 0.648. The third kappa shape index (κ3) is 1.27. The topological polar surface area (TPSA) is 12.9 Å². The molecule has 0 radical (unpaired) electrons. The lowest BCUT2D eigenvalue weighted by Gasteiger charge is -2.11. The zero-order valence-electron chi connectivity index (χ0n) is 10.2. The van der Waals surface area contributed by atoms with Gasteiger partial charge in [0.05, 0.1) is 5.52 Å². The number of benzene rings is 1.